The molecule has 2 saturated heterocycles. The van der Waals surface area contributed by atoms with Crippen LogP contribution in [-0.4, -0.2) is 62.7 Å². The van der Waals surface area contributed by atoms with Crippen LogP contribution in [0.25, 0.3) is 20.7 Å². The van der Waals surface area contributed by atoms with E-state index in [1.807, 2.05) is 25.1 Å². The van der Waals surface area contributed by atoms with Gasteiger partial charge in [-0.15, -0.1) is 11.3 Å². The largest absolute Gasteiger partial charge is 0.503 e. The number of thiophene rings is 1. The summed E-state index contributed by atoms with van der Waals surface area (Å²) in [7, 11) is 4.27. The summed E-state index contributed by atoms with van der Waals surface area (Å²) in [5.74, 6) is -7.38. The van der Waals surface area contributed by atoms with Crippen molar-refractivity contribution in [3.05, 3.63) is 91.5 Å². The number of fused-ring (bicyclic) bond motifs is 5. The fourth-order valence-electron chi connectivity index (χ4n) is 9.94. The zero-order chi connectivity index (χ0) is 43.8. The summed E-state index contributed by atoms with van der Waals surface area (Å²) in [4.78, 5) is 64.8. The third-order valence-electron chi connectivity index (χ3n) is 12.8. The monoisotopic (exact) mass is 956 g/mol. The molecule has 2 aliphatic heterocycles. The molecular formula is C42H34BrCl2F3N6O6S. The summed E-state index contributed by atoms with van der Waals surface area (Å²) in [6.45, 7) is 3.68. The van der Waals surface area contributed by atoms with Crippen LogP contribution < -0.4 is 14.6 Å². The third kappa shape index (κ3) is 6.04. The Balaban J connectivity index is 1.14. The highest BCUT2D eigenvalue weighted by Crippen LogP contribution is 2.64. The van der Waals surface area contributed by atoms with E-state index in [-0.39, 0.29) is 39.7 Å². The van der Waals surface area contributed by atoms with Gasteiger partial charge in [-0.2, -0.15) is 23.3 Å². The Hall–Kier alpha value is -4.97. The molecule has 1 saturated carbocycles. The molecule has 5 heterocycles. The number of pyridine rings is 1. The Morgan fingerprint density at radius 3 is 2.48 bits per heavy atom. The number of aromatic nitrogens is 3. The van der Waals surface area contributed by atoms with E-state index < -0.39 is 76.3 Å². The maximum Gasteiger partial charge on any atom is 0.433 e. The fourth-order valence-corrected chi connectivity index (χ4v) is 11.9. The van der Waals surface area contributed by atoms with Crippen molar-refractivity contribution in [3.63, 3.8) is 0 Å². The number of rotatable bonds is 6. The van der Waals surface area contributed by atoms with Crippen LogP contribution in [-0.2, 0) is 32.4 Å². The first kappa shape index (κ1) is 41.4. The Kier molecular flexibility index (Phi) is 9.69. The van der Waals surface area contributed by atoms with Gasteiger partial charge >= 0.3 is 6.18 Å². The number of halogens is 6. The molecule has 316 valence electrons. The van der Waals surface area contributed by atoms with Gasteiger partial charge in [0.05, 0.1) is 44.7 Å². The molecule has 0 bridgehead atoms. The lowest BCUT2D eigenvalue weighted by Crippen LogP contribution is -2.49. The molecule has 0 radical (unpaired) electrons. The molecule has 12 nitrogen and oxygen atoms in total. The van der Waals surface area contributed by atoms with E-state index in [1.54, 1.807) is 38.2 Å². The van der Waals surface area contributed by atoms with Gasteiger partial charge in [0.15, 0.2) is 17.3 Å². The first-order valence-electron chi connectivity index (χ1n) is 19.0. The molecule has 3 fully saturated rings. The minimum absolute atomic E-state index is 0.00249. The number of aryl methyl sites for hydroxylation is 2. The number of nitrogens with zero attached hydrogens (tertiary/aromatic N) is 6. The topological polar surface area (TPSA) is 138 Å². The van der Waals surface area contributed by atoms with Gasteiger partial charge in [-0.05, 0) is 108 Å². The number of methoxy groups -OCH3 is 1. The van der Waals surface area contributed by atoms with Crippen LogP contribution in [0.1, 0.15) is 42.5 Å². The average Bonchev–Trinajstić information content (AvgIpc) is 3.88. The standard InChI is InChI=1S/C42H34BrCl2F3N6O6S/c1-17-22-14-19(44)6-10-29(22)61-35(17)27-16-31(51(3)50-27)53-38(57)24-15-23-20(33(41(24,2)40(53)59)18-12-25(43)34(55)28(13-18)60-5)7-8-21-32(23)39(58)54(37(21)56)52(4)36-26(45)9-11-30(49-36)42(46,47)48/h6-7,9-14,16,21,23-24,32-33,55H,8,15H2,1-5H3. The maximum atomic E-state index is 15.2. The summed E-state index contributed by atoms with van der Waals surface area (Å²) in [5.41, 5.74) is -0.102. The van der Waals surface area contributed by atoms with Crippen molar-refractivity contribution in [2.45, 2.75) is 38.8 Å². The Bertz CT molecular complexity index is 2810. The molecule has 5 aromatic rings. The van der Waals surface area contributed by atoms with Crippen molar-refractivity contribution >= 4 is 95.8 Å². The second kappa shape index (κ2) is 14.3. The summed E-state index contributed by atoms with van der Waals surface area (Å²) in [6.07, 6.45) is -2.95. The Labute approximate surface area is 368 Å². The van der Waals surface area contributed by atoms with Crippen molar-refractivity contribution in [2.24, 2.45) is 36.1 Å². The first-order valence-corrected chi connectivity index (χ1v) is 21.4. The second-order valence-corrected chi connectivity index (χ2v) is 18.7. The van der Waals surface area contributed by atoms with Crippen molar-refractivity contribution in [1.82, 2.24) is 19.8 Å². The van der Waals surface area contributed by atoms with Crippen LogP contribution in [0.2, 0.25) is 10.0 Å². The minimum atomic E-state index is -4.83. The molecule has 19 heteroatoms. The van der Waals surface area contributed by atoms with Gasteiger partial charge < -0.3 is 9.84 Å². The fraction of sp³-hybridized carbons (Fsp3) is 0.333. The van der Waals surface area contributed by atoms with Gasteiger partial charge in [0.25, 0.3) is 11.8 Å². The number of amides is 4. The van der Waals surface area contributed by atoms with Gasteiger partial charge in [0.1, 0.15) is 17.2 Å². The van der Waals surface area contributed by atoms with E-state index in [0.29, 0.717) is 27.9 Å². The van der Waals surface area contributed by atoms with Crippen molar-refractivity contribution < 1.29 is 42.2 Å². The lowest BCUT2D eigenvalue weighted by atomic mass is 9.51. The lowest BCUT2D eigenvalue weighted by Gasteiger charge is -2.49. The highest BCUT2D eigenvalue weighted by Gasteiger charge is 2.68. The number of carbonyl (C=O) groups excluding carboxylic acids is 4. The summed E-state index contributed by atoms with van der Waals surface area (Å²) < 4.78 is 49.4. The van der Waals surface area contributed by atoms with Gasteiger partial charge in [-0.25, -0.2) is 9.88 Å². The number of phenols is 1. The highest BCUT2D eigenvalue weighted by molar-refractivity contribution is 9.10. The van der Waals surface area contributed by atoms with Crippen LogP contribution in [0.3, 0.4) is 0 Å². The molecule has 3 aromatic heterocycles. The van der Waals surface area contributed by atoms with Crippen molar-refractivity contribution in [2.75, 3.05) is 24.1 Å². The number of alkyl halides is 3. The average molecular weight is 959 g/mol. The molecule has 2 aromatic carbocycles. The van der Waals surface area contributed by atoms with Crippen LogP contribution >= 0.6 is 50.5 Å². The van der Waals surface area contributed by atoms with Crippen molar-refractivity contribution in [1.29, 1.82) is 0 Å². The SMILES string of the molecule is COc1cc(C2C3=CCC4C(=O)N(N(C)c5nc(C(F)(F)F)ccc5Cl)C(=O)C4C3CC3C(=O)N(c4cc(-c5sc6ccc(Cl)cc6c5C)nn4C)C(=O)C32C)cc(Br)c1O. The van der Waals surface area contributed by atoms with Gasteiger partial charge in [-0.1, -0.05) is 34.9 Å². The predicted octanol–water partition coefficient (Wildman–Crippen LogP) is 9.09. The van der Waals surface area contributed by atoms with Crippen LogP contribution in [0.5, 0.6) is 11.5 Å². The van der Waals surface area contributed by atoms with E-state index in [0.717, 1.165) is 41.5 Å². The molecule has 6 unspecified atom stereocenters. The van der Waals surface area contributed by atoms with Gasteiger partial charge in [-0.3, -0.25) is 28.9 Å². The number of carbonyl (C=O) groups is 4. The molecule has 9 rings (SSSR count). The number of phenolic OH excluding ortho intramolecular Hbond substituents is 1. The zero-order valence-electron chi connectivity index (χ0n) is 32.8. The third-order valence-corrected chi connectivity index (χ3v) is 15.2. The van der Waals surface area contributed by atoms with Crippen LogP contribution in [0.15, 0.2) is 64.7 Å². The number of imide groups is 2. The molecule has 0 spiro atoms. The van der Waals surface area contributed by atoms with Gasteiger partial charge in [0.2, 0.25) is 11.8 Å². The predicted molar refractivity (Wildman–Crippen MR) is 225 cm³/mol. The molecule has 61 heavy (non-hydrogen) atoms. The Morgan fingerprint density at radius 1 is 1.03 bits per heavy atom. The first-order chi connectivity index (χ1) is 28.8. The molecule has 4 amide bonds. The molecular weight excluding hydrogens is 924 g/mol. The summed E-state index contributed by atoms with van der Waals surface area (Å²) >= 11 is 17.6. The minimum Gasteiger partial charge on any atom is -0.503 e. The zero-order valence-corrected chi connectivity index (χ0v) is 36.8. The van der Waals surface area contributed by atoms with Crippen LogP contribution in [0, 0.1) is 36.0 Å². The van der Waals surface area contributed by atoms with E-state index in [2.05, 4.69) is 20.9 Å². The number of benzene rings is 2. The van der Waals surface area contributed by atoms with E-state index >= 15 is 9.59 Å². The number of ether oxygens (including phenoxy) is 1. The van der Waals surface area contributed by atoms with Crippen molar-refractivity contribution in [3.8, 4) is 22.1 Å². The maximum absolute atomic E-state index is 15.2. The number of hydrogen-bond acceptors (Lipinski definition) is 10. The normalized spacial score (nSPS) is 25.0. The highest BCUT2D eigenvalue weighted by atomic mass is 79.9. The summed E-state index contributed by atoms with van der Waals surface area (Å²) in [6, 6.07) is 12.2. The molecule has 2 aliphatic carbocycles. The Morgan fingerprint density at radius 2 is 1.77 bits per heavy atom. The smallest absolute Gasteiger partial charge is 0.433 e. The quantitative estimate of drug-likeness (QED) is 0.131. The second-order valence-electron chi connectivity index (χ2n) is 15.9. The molecule has 1 N–H and O–H groups in total. The number of hydrazine groups is 1. The number of anilines is 2. The summed E-state index contributed by atoms with van der Waals surface area (Å²) in [5, 5.41) is 18.6. The van der Waals surface area contributed by atoms with E-state index in [4.69, 9.17) is 33.0 Å². The molecule has 4 aliphatic rings. The number of allylic oxidation sites excluding steroid dienone is 2. The van der Waals surface area contributed by atoms with Gasteiger partial charge in [0, 0.05) is 35.8 Å². The van der Waals surface area contributed by atoms with Crippen LogP contribution in [0.4, 0.5) is 24.8 Å². The number of hydrogen-bond donors (Lipinski definition) is 1. The van der Waals surface area contributed by atoms with E-state index in [9.17, 15) is 27.9 Å². The van der Waals surface area contributed by atoms with E-state index in [1.165, 1.54) is 30.2 Å². The number of aromatic hydroxyl groups is 1. The lowest BCUT2D eigenvalue weighted by molar-refractivity contribution is -0.141. The molecule has 6 atom stereocenters.